The molecule has 1 unspecified atom stereocenters. The number of para-hydroxylation sites is 1. The molecular weight excluding hydrogens is 350 g/mol. The predicted molar refractivity (Wildman–Crippen MR) is 110 cm³/mol. The molecule has 1 aliphatic rings. The lowest BCUT2D eigenvalue weighted by Crippen LogP contribution is -2.40. The summed E-state index contributed by atoms with van der Waals surface area (Å²) in [6, 6.07) is 15.2. The molecule has 0 saturated carbocycles. The van der Waals surface area contributed by atoms with Gasteiger partial charge in [-0.2, -0.15) is 0 Å². The van der Waals surface area contributed by atoms with Crippen molar-refractivity contribution < 1.29 is 4.79 Å². The molecule has 1 amide bonds. The van der Waals surface area contributed by atoms with Gasteiger partial charge in [0.2, 0.25) is 5.91 Å². The van der Waals surface area contributed by atoms with Crippen LogP contribution >= 0.6 is 0 Å². The summed E-state index contributed by atoms with van der Waals surface area (Å²) < 4.78 is 0. The third-order valence-corrected chi connectivity index (χ3v) is 4.92. The van der Waals surface area contributed by atoms with Gasteiger partial charge in [-0.05, 0) is 43.5 Å². The molecule has 6 nitrogen and oxygen atoms in total. The fourth-order valence-electron chi connectivity index (χ4n) is 3.45. The van der Waals surface area contributed by atoms with E-state index < -0.39 is 6.04 Å². The smallest absolute Gasteiger partial charge is 0.249 e. The fraction of sp³-hybridized carbons (Fsp3) is 0.273. The van der Waals surface area contributed by atoms with Gasteiger partial charge in [-0.1, -0.05) is 31.2 Å². The number of anilines is 2. The normalized spacial score (nSPS) is 13.9. The summed E-state index contributed by atoms with van der Waals surface area (Å²) in [4.78, 5) is 28.4. The lowest BCUT2D eigenvalue weighted by atomic mass is 10.2. The molecule has 2 aromatic heterocycles. The molecule has 1 aromatic carbocycles. The summed E-state index contributed by atoms with van der Waals surface area (Å²) in [5.41, 5.74) is 3.85. The Morgan fingerprint density at radius 3 is 2.79 bits per heavy atom. The lowest BCUT2D eigenvalue weighted by Gasteiger charge is -2.23. The highest BCUT2D eigenvalue weighted by Crippen LogP contribution is 2.28. The molecule has 142 valence electrons. The Morgan fingerprint density at radius 1 is 1.18 bits per heavy atom. The van der Waals surface area contributed by atoms with Crippen LogP contribution in [0.1, 0.15) is 25.1 Å². The van der Waals surface area contributed by atoms with E-state index in [1.807, 2.05) is 61.2 Å². The topological polar surface area (TPSA) is 71.0 Å². The fourth-order valence-corrected chi connectivity index (χ4v) is 3.45. The maximum absolute atomic E-state index is 13.0. The monoisotopic (exact) mass is 373 g/mol. The van der Waals surface area contributed by atoms with Crippen LogP contribution in [0.3, 0.4) is 0 Å². The van der Waals surface area contributed by atoms with E-state index in [9.17, 15) is 4.79 Å². The largest absolute Gasteiger partial charge is 0.358 e. The third-order valence-electron chi connectivity index (χ3n) is 4.92. The van der Waals surface area contributed by atoms with Crippen molar-refractivity contribution in [3.8, 4) is 11.5 Å². The maximum atomic E-state index is 13.0. The Labute approximate surface area is 164 Å². The molecule has 6 heteroatoms. The highest BCUT2D eigenvalue weighted by molar-refractivity contribution is 6.00. The molecule has 0 fully saturated rings. The first-order valence-electron chi connectivity index (χ1n) is 9.61. The van der Waals surface area contributed by atoms with E-state index in [1.54, 1.807) is 6.20 Å². The van der Waals surface area contributed by atoms with E-state index in [1.165, 1.54) is 5.56 Å². The minimum atomic E-state index is -0.401. The van der Waals surface area contributed by atoms with Crippen LogP contribution in [-0.2, 0) is 17.6 Å². The second-order valence-electron chi connectivity index (χ2n) is 6.87. The van der Waals surface area contributed by atoms with E-state index in [0.29, 0.717) is 23.9 Å². The van der Waals surface area contributed by atoms with Crippen molar-refractivity contribution in [2.45, 2.75) is 32.7 Å². The zero-order chi connectivity index (χ0) is 19.5. The molecule has 0 radical (unpaired) electrons. The van der Waals surface area contributed by atoms with Gasteiger partial charge >= 0.3 is 0 Å². The summed E-state index contributed by atoms with van der Waals surface area (Å²) in [5, 5.41) is 3.26. The SMILES string of the molecule is CCc1cc(NC(C)C(=O)N2CCc3ccccc32)nc(-c2ccccn2)n1. The van der Waals surface area contributed by atoms with E-state index in [-0.39, 0.29) is 5.91 Å². The molecule has 3 heterocycles. The number of nitrogens with zero attached hydrogens (tertiary/aromatic N) is 4. The number of hydrogen-bond acceptors (Lipinski definition) is 5. The van der Waals surface area contributed by atoms with Crippen LogP contribution in [0.4, 0.5) is 11.5 Å². The number of rotatable bonds is 5. The minimum Gasteiger partial charge on any atom is -0.358 e. The quantitative estimate of drug-likeness (QED) is 0.741. The summed E-state index contributed by atoms with van der Waals surface area (Å²) in [6.07, 6.45) is 3.40. The zero-order valence-corrected chi connectivity index (χ0v) is 16.1. The Hall–Kier alpha value is -3.28. The van der Waals surface area contributed by atoms with Crippen LogP contribution in [-0.4, -0.2) is 33.4 Å². The summed E-state index contributed by atoms with van der Waals surface area (Å²) >= 11 is 0. The number of hydrogen-bond donors (Lipinski definition) is 1. The highest BCUT2D eigenvalue weighted by atomic mass is 16.2. The number of amides is 1. The Bertz CT molecular complexity index is 989. The highest BCUT2D eigenvalue weighted by Gasteiger charge is 2.28. The van der Waals surface area contributed by atoms with Crippen LogP contribution in [0.2, 0.25) is 0 Å². The van der Waals surface area contributed by atoms with Gasteiger partial charge in [0.05, 0.1) is 0 Å². The van der Waals surface area contributed by atoms with Gasteiger partial charge in [-0.15, -0.1) is 0 Å². The first-order valence-corrected chi connectivity index (χ1v) is 9.61. The number of benzene rings is 1. The molecular formula is C22H23N5O. The van der Waals surface area contributed by atoms with Crippen LogP contribution in [0.15, 0.2) is 54.7 Å². The molecule has 1 atom stereocenters. The number of carbonyl (C=O) groups excluding carboxylic acids is 1. The standard InChI is InChI=1S/C22H23N5O/c1-3-17-14-20(26-21(25-17)18-9-6-7-12-23-18)24-15(2)22(28)27-13-11-16-8-4-5-10-19(16)27/h4-10,12,14-15H,3,11,13H2,1-2H3,(H,24,25,26). The summed E-state index contributed by atoms with van der Waals surface area (Å²) in [5.74, 6) is 1.25. The summed E-state index contributed by atoms with van der Waals surface area (Å²) in [7, 11) is 0. The van der Waals surface area contributed by atoms with Crippen molar-refractivity contribution >= 4 is 17.4 Å². The van der Waals surface area contributed by atoms with Gasteiger partial charge in [0, 0.05) is 30.2 Å². The number of carbonyl (C=O) groups is 1. The first kappa shape index (κ1) is 18.1. The first-order chi connectivity index (χ1) is 13.7. The van der Waals surface area contributed by atoms with Gasteiger partial charge in [0.1, 0.15) is 17.6 Å². The van der Waals surface area contributed by atoms with Gasteiger partial charge in [-0.3, -0.25) is 9.78 Å². The van der Waals surface area contributed by atoms with Crippen LogP contribution in [0.5, 0.6) is 0 Å². The number of fused-ring (bicyclic) bond motifs is 1. The van der Waals surface area contributed by atoms with E-state index in [2.05, 4.69) is 26.3 Å². The van der Waals surface area contributed by atoms with Gasteiger partial charge in [0.25, 0.3) is 0 Å². The van der Waals surface area contributed by atoms with Crippen molar-refractivity contribution in [3.63, 3.8) is 0 Å². The van der Waals surface area contributed by atoms with E-state index >= 15 is 0 Å². The van der Waals surface area contributed by atoms with Gasteiger partial charge in [0.15, 0.2) is 5.82 Å². The van der Waals surface area contributed by atoms with E-state index in [0.717, 1.165) is 24.2 Å². The number of aryl methyl sites for hydroxylation is 1. The molecule has 3 aromatic rings. The Kier molecular flexibility index (Phi) is 5.02. The minimum absolute atomic E-state index is 0.0426. The van der Waals surface area contributed by atoms with Crippen LogP contribution in [0.25, 0.3) is 11.5 Å². The zero-order valence-electron chi connectivity index (χ0n) is 16.1. The second-order valence-corrected chi connectivity index (χ2v) is 6.87. The lowest BCUT2D eigenvalue weighted by molar-refractivity contribution is -0.118. The van der Waals surface area contributed by atoms with Crippen molar-refractivity contribution in [1.82, 2.24) is 15.0 Å². The number of nitrogens with one attached hydrogen (secondary N) is 1. The van der Waals surface area contributed by atoms with Crippen molar-refractivity contribution in [2.75, 3.05) is 16.8 Å². The van der Waals surface area contributed by atoms with Crippen molar-refractivity contribution in [2.24, 2.45) is 0 Å². The summed E-state index contributed by atoms with van der Waals surface area (Å²) in [6.45, 7) is 4.63. The van der Waals surface area contributed by atoms with Crippen molar-refractivity contribution in [1.29, 1.82) is 0 Å². The molecule has 0 saturated heterocycles. The average molecular weight is 373 g/mol. The number of pyridine rings is 1. The average Bonchev–Trinajstić information content (AvgIpc) is 3.17. The molecule has 0 aliphatic carbocycles. The molecule has 0 spiro atoms. The van der Waals surface area contributed by atoms with Crippen molar-refractivity contribution in [3.05, 3.63) is 66.0 Å². The molecule has 1 N–H and O–H groups in total. The molecule has 4 rings (SSSR count). The van der Waals surface area contributed by atoms with Crippen LogP contribution < -0.4 is 10.2 Å². The van der Waals surface area contributed by atoms with Gasteiger partial charge in [-0.25, -0.2) is 9.97 Å². The predicted octanol–water partition coefficient (Wildman–Crippen LogP) is 3.49. The Balaban J connectivity index is 1.56. The van der Waals surface area contributed by atoms with Gasteiger partial charge < -0.3 is 10.2 Å². The molecule has 0 bridgehead atoms. The maximum Gasteiger partial charge on any atom is 0.249 e. The third kappa shape index (κ3) is 3.58. The second kappa shape index (κ2) is 7.76. The molecule has 28 heavy (non-hydrogen) atoms. The van der Waals surface area contributed by atoms with E-state index in [4.69, 9.17) is 0 Å². The van der Waals surface area contributed by atoms with Crippen LogP contribution in [0, 0.1) is 0 Å². The molecule has 1 aliphatic heterocycles. The number of aromatic nitrogens is 3. The Morgan fingerprint density at radius 2 is 2.00 bits per heavy atom.